The van der Waals surface area contributed by atoms with E-state index in [1.807, 2.05) is 42.9 Å². The first kappa shape index (κ1) is 18.6. The van der Waals surface area contributed by atoms with Gasteiger partial charge in [0.05, 0.1) is 10.6 Å². The number of thiophene rings is 1. The average Bonchev–Trinajstić information content (AvgIpc) is 3.37. The molecule has 0 aliphatic heterocycles. The Morgan fingerprint density at radius 2 is 2.27 bits per heavy atom. The lowest BCUT2D eigenvalue weighted by atomic mass is 10.2. The first-order valence-electron chi connectivity index (χ1n) is 8.16. The minimum absolute atomic E-state index is 0.0278. The molecule has 26 heavy (non-hydrogen) atoms. The highest BCUT2D eigenvalue weighted by Gasteiger charge is 2.16. The number of hydrogen-bond donors (Lipinski definition) is 0. The van der Waals surface area contributed by atoms with Crippen molar-refractivity contribution in [1.29, 1.82) is 0 Å². The third kappa shape index (κ3) is 4.31. The highest BCUT2D eigenvalue weighted by Crippen LogP contribution is 2.27. The molecule has 0 N–H and O–H groups in total. The van der Waals surface area contributed by atoms with Gasteiger partial charge in [-0.05, 0) is 18.4 Å². The summed E-state index contributed by atoms with van der Waals surface area (Å²) in [6.07, 6.45) is 0. The molecule has 0 fully saturated rings. The van der Waals surface area contributed by atoms with Crippen LogP contribution in [-0.4, -0.2) is 36.6 Å². The van der Waals surface area contributed by atoms with E-state index in [4.69, 9.17) is 9.26 Å². The third-order valence-corrected chi connectivity index (χ3v) is 5.26. The molecule has 0 saturated carbocycles. The van der Waals surface area contributed by atoms with Gasteiger partial charge in [-0.3, -0.25) is 4.79 Å². The van der Waals surface area contributed by atoms with Gasteiger partial charge in [0.15, 0.2) is 23.4 Å². The van der Waals surface area contributed by atoms with Crippen molar-refractivity contribution in [2.24, 2.45) is 0 Å². The van der Waals surface area contributed by atoms with Crippen LogP contribution in [0.15, 0.2) is 27.2 Å². The molecule has 3 heterocycles. The van der Waals surface area contributed by atoms with Crippen molar-refractivity contribution < 1.29 is 14.1 Å². The molecule has 3 aromatic heterocycles. The van der Waals surface area contributed by atoms with Gasteiger partial charge >= 0.3 is 5.97 Å². The monoisotopic (exact) mass is 393 g/mol. The second-order valence-electron chi connectivity index (χ2n) is 5.68. The number of esters is 1. The largest absolute Gasteiger partial charge is 0.455 e. The van der Waals surface area contributed by atoms with Crippen LogP contribution in [0.2, 0.25) is 0 Å². The quantitative estimate of drug-likeness (QED) is 0.424. The summed E-state index contributed by atoms with van der Waals surface area (Å²) in [5.41, 5.74) is 0. The van der Waals surface area contributed by atoms with E-state index in [1.54, 1.807) is 11.3 Å². The number of nitrogens with zero attached hydrogens (tertiary/aromatic N) is 5. The molecule has 138 valence electrons. The molecule has 10 heteroatoms. The van der Waals surface area contributed by atoms with Gasteiger partial charge in [-0.25, -0.2) is 0 Å². The summed E-state index contributed by atoms with van der Waals surface area (Å²) >= 11 is 2.90. The summed E-state index contributed by atoms with van der Waals surface area (Å²) in [4.78, 5) is 17.2. The number of carbonyl (C=O) groups is 1. The van der Waals surface area contributed by atoms with Crippen molar-refractivity contribution in [3.05, 3.63) is 29.2 Å². The Balaban J connectivity index is 1.54. The smallest absolute Gasteiger partial charge is 0.316 e. The van der Waals surface area contributed by atoms with Crippen LogP contribution < -0.4 is 0 Å². The molecule has 0 spiro atoms. The van der Waals surface area contributed by atoms with E-state index in [2.05, 4.69) is 20.3 Å². The Bertz CT molecular complexity index is 857. The molecule has 0 bridgehead atoms. The van der Waals surface area contributed by atoms with Crippen LogP contribution in [0.25, 0.3) is 10.7 Å². The van der Waals surface area contributed by atoms with E-state index in [0.29, 0.717) is 16.9 Å². The lowest BCUT2D eigenvalue weighted by Gasteiger charge is -2.06. The summed E-state index contributed by atoms with van der Waals surface area (Å²) in [6, 6.07) is 3.97. The van der Waals surface area contributed by atoms with Gasteiger partial charge in [0.25, 0.3) is 5.89 Å². The van der Waals surface area contributed by atoms with E-state index in [1.165, 1.54) is 11.8 Å². The summed E-state index contributed by atoms with van der Waals surface area (Å²) in [7, 11) is 0. The maximum atomic E-state index is 12.0. The van der Waals surface area contributed by atoms with Crippen molar-refractivity contribution in [2.75, 3.05) is 5.75 Å². The predicted octanol–water partition coefficient (Wildman–Crippen LogP) is 3.37. The zero-order valence-electron chi connectivity index (χ0n) is 14.7. The fourth-order valence-corrected chi connectivity index (χ4v) is 3.65. The van der Waals surface area contributed by atoms with Gasteiger partial charge < -0.3 is 13.8 Å². The number of carbonyl (C=O) groups excluding carboxylic acids is 1. The number of aromatic nitrogens is 5. The van der Waals surface area contributed by atoms with Gasteiger partial charge in [0.2, 0.25) is 0 Å². The Morgan fingerprint density at radius 1 is 1.42 bits per heavy atom. The second-order valence-corrected chi connectivity index (χ2v) is 7.57. The summed E-state index contributed by atoms with van der Waals surface area (Å²) in [5.74, 6) is 1.63. The van der Waals surface area contributed by atoms with Crippen LogP contribution in [0, 0.1) is 0 Å². The number of ether oxygens (including phenoxy) is 1. The number of rotatable bonds is 8. The fourth-order valence-electron chi connectivity index (χ4n) is 2.14. The highest BCUT2D eigenvalue weighted by molar-refractivity contribution is 7.99. The van der Waals surface area contributed by atoms with Gasteiger partial charge in [-0.15, -0.1) is 21.5 Å². The highest BCUT2D eigenvalue weighted by atomic mass is 32.2. The van der Waals surface area contributed by atoms with Crippen LogP contribution in [0.3, 0.4) is 0 Å². The molecule has 0 atom stereocenters. The second kappa shape index (κ2) is 8.45. The van der Waals surface area contributed by atoms with E-state index in [-0.39, 0.29) is 24.2 Å². The molecule has 0 radical (unpaired) electrons. The molecule has 3 aromatic rings. The lowest BCUT2D eigenvalue weighted by Crippen LogP contribution is -2.09. The normalized spacial score (nSPS) is 11.2. The minimum Gasteiger partial charge on any atom is -0.455 e. The molecule has 0 aromatic carbocycles. The molecule has 8 nitrogen and oxygen atoms in total. The van der Waals surface area contributed by atoms with E-state index < -0.39 is 0 Å². The van der Waals surface area contributed by atoms with Crippen molar-refractivity contribution >= 4 is 29.1 Å². The lowest BCUT2D eigenvalue weighted by molar-refractivity contribution is -0.142. The van der Waals surface area contributed by atoms with Gasteiger partial charge in [0, 0.05) is 12.5 Å². The van der Waals surface area contributed by atoms with Gasteiger partial charge in [-0.2, -0.15) is 4.98 Å². The first-order valence-corrected chi connectivity index (χ1v) is 10.0. The molecule has 0 unspecified atom stereocenters. The van der Waals surface area contributed by atoms with Gasteiger partial charge in [-0.1, -0.05) is 36.8 Å². The van der Waals surface area contributed by atoms with E-state index in [9.17, 15) is 4.79 Å². The minimum atomic E-state index is -0.373. The molecular formula is C16H19N5O3S2. The van der Waals surface area contributed by atoms with Crippen molar-refractivity contribution in [3.8, 4) is 10.7 Å². The summed E-state index contributed by atoms with van der Waals surface area (Å²) in [6.45, 7) is 6.64. The molecular weight excluding hydrogens is 374 g/mol. The van der Waals surface area contributed by atoms with Crippen molar-refractivity contribution in [1.82, 2.24) is 24.9 Å². The van der Waals surface area contributed by atoms with Crippen LogP contribution in [-0.2, 0) is 22.7 Å². The topological polar surface area (TPSA) is 95.9 Å². The molecule has 0 amide bonds. The molecule has 3 rings (SSSR count). The van der Waals surface area contributed by atoms with Crippen LogP contribution in [0.5, 0.6) is 0 Å². The predicted molar refractivity (Wildman–Crippen MR) is 97.9 cm³/mol. The van der Waals surface area contributed by atoms with E-state index in [0.717, 1.165) is 17.2 Å². The van der Waals surface area contributed by atoms with Crippen molar-refractivity contribution in [3.63, 3.8) is 0 Å². The average molecular weight is 393 g/mol. The third-order valence-electron chi connectivity index (χ3n) is 3.45. The number of hydrogen-bond acceptors (Lipinski definition) is 9. The SMILES string of the molecule is CCn1c(SCC(=O)OCc2nc(C(C)C)no2)nnc1-c1cccs1. The van der Waals surface area contributed by atoms with Crippen LogP contribution >= 0.6 is 23.1 Å². The summed E-state index contributed by atoms with van der Waals surface area (Å²) < 4.78 is 12.2. The first-order chi connectivity index (χ1) is 12.6. The standard InChI is InChI=1S/C16H19N5O3S2/c1-4-21-15(11-6-5-7-25-11)18-19-16(21)26-9-13(22)23-8-12-17-14(10(2)3)20-24-12/h5-7,10H,4,8-9H2,1-3H3. The Labute approximate surface area is 159 Å². The van der Waals surface area contributed by atoms with Crippen LogP contribution in [0.4, 0.5) is 0 Å². The zero-order chi connectivity index (χ0) is 18.5. The maximum Gasteiger partial charge on any atom is 0.316 e. The van der Waals surface area contributed by atoms with Crippen LogP contribution in [0.1, 0.15) is 38.4 Å². The fraction of sp³-hybridized carbons (Fsp3) is 0.438. The Kier molecular flexibility index (Phi) is 6.04. The van der Waals surface area contributed by atoms with Crippen molar-refractivity contribution in [2.45, 2.75) is 45.0 Å². The zero-order valence-corrected chi connectivity index (χ0v) is 16.3. The number of thioether (sulfide) groups is 1. The maximum absolute atomic E-state index is 12.0. The molecule has 0 aliphatic carbocycles. The van der Waals surface area contributed by atoms with Gasteiger partial charge in [0.1, 0.15) is 0 Å². The van der Waals surface area contributed by atoms with E-state index >= 15 is 0 Å². The Morgan fingerprint density at radius 3 is 2.92 bits per heavy atom. The molecule has 0 aliphatic rings. The summed E-state index contributed by atoms with van der Waals surface area (Å²) in [5, 5.41) is 14.9. The molecule has 0 saturated heterocycles. The Hall–Kier alpha value is -2.20.